The molecule has 0 fully saturated rings. The maximum atomic E-state index is 13.0. The van der Waals surface area contributed by atoms with Gasteiger partial charge < -0.3 is 4.74 Å². The van der Waals surface area contributed by atoms with Crippen LogP contribution in [0.3, 0.4) is 0 Å². The molecule has 0 amide bonds. The van der Waals surface area contributed by atoms with Gasteiger partial charge in [0, 0.05) is 28.8 Å². The molecule has 0 aliphatic carbocycles. The molecule has 0 spiro atoms. The minimum absolute atomic E-state index is 0.0163. The van der Waals surface area contributed by atoms with Crippen LogP contribution in [0.1, 0.15) is 5.56 Å². The van der Waals surface area contributed by atoms with E-state index in [1.165, 1.54) is 36.4 Å². The summed E-state index contributed by atoms with van der Waals surface area (Å²) in [6.45, 7) is 0.0163. The van der Waals surface area contributed by atoms with E-state index in [1.807, 2.05) is 0 Å². The third-order valence-electron chi connectivity index (χ3n) is 2.53. The molecule has 4 nitrogen and oxygen atoms in total. The summed E-state index contributed by atoms with van der Waals surface area (Å²) in [5.74, 6) is -0.202. The first-order valence-electron chi connectivity index (χ1n) is 5.48. The fourth-order valence-electron chi connectivity index (χ4n) is 1.51. The summed E-state index contributed by atoms with van der Waals surface area (Å²) in [6, 6.07) is 7.96. The van der Waals surface area contributed by atoms with Gasteiger partial charge in [-0.3, -0.25) is 10.1 Å². The standard InChI is InChI=1S/C13H8Cl2FNO3/c14-11-3-1-9(17(18)19)5-8(11)7-20-10-2-4-13(16)12(15)6-10/h1-6H,7H2. The molecule has 0 aromatic heterocycles. The fraction of sp³-hybridized carbons (Fsp3) is 0.0769. The molecule has 0 aliphatic heterocycles. The van der Waals surface area contributed by atoms with Gasteiger partial charge in [0.05, 0.1) is 9.95 Å². The lowest BCUT2D eigenvalue weighted by molar-refractivity contribution is -0.384. The normalized spacial score (nSPS) is 10.3. The first-order chi connectivity index (χ1) is 9.47. The average Bonchev–Trinajstić information content (AvgIpc) is 2.41. The Morgan fingerprint density at radius 1 is 1.15 bits per heavy atom. The quantitative estimate of drug-likeness (QED) is 0.611. The number of halogens is 3. The van der Waals surface area contributed by atoms with Crippen molar-refractivity contribution in [1.29, 1.82) is 0 Å². The number of nitro groups is 1. The minimum Gasteiger partial charge on any atom is -0.489 e. The first-order valence-corrected chi connectivity index (χ1v) is 6.23. The Bertz CT molecular complexity index is 664. The Hall–Kier alpha value is -1.85. The maximum absolute atomic E-state index is 13.0. The van der Waals surface area contributed by atoms with Crippen molar-refractivity contribution in [2.45, 2.75) is 6.61 Å². The zero-order valence-corrected chi connectivity index (χ0v) is 11.5. The first kappa shape index (κ1) is 14.6. The van der Waals surface area contributed by atoms with Gasteiger partial charge in [-0.2, -0.15) is 0 Å². The lowest BCUT2D eigenvalue weighted by Crippen LogP contribution is -1.98. The third-order valence-corrected chi connectivity index (χ3v) is 3.18. The number of non-ortho nitro benzene ring substituents is 1. The predicted octanol–water partition coefficient (Wildman–Crippen LogP) is 4.62. The van der Waals surface area contributed by atoms with E-state index in [1.54, 1.807) is 0 Å². The van der Waals surface area contributed by atoms with Gasteiger partial charge in [-0.1, -0.05) is 23.2 Å². The zero-order chi connectivity index (χ0) is 14.7. The van der Waals surface area contributed by atoms with Crippen LogP contribution in [0.4, 0.5) is 10.1 Å². The summed E-state index contributed by atoms with van der Waals surface area (Å²) in [5.41, 5.74) is 0.381. The molecule has 0 N–H and O–H groups in total. The molecule has 7 heteroatoms. The molecule has 0 aliphatic rings. The van der Waals surface area contributed by atoms with Gasteiger partial charge in [0.1, 0.15) is 18.2 Å². The maximum Gasteiger partial charge on any atom is 0.269 e. The van der Waals surface area contributed by atoms with Crippen LogP contribution in [0.25, 0.3) is 0 Å². The monoisotopic (exact) mass is 315 g/mol. The summed E-state index contributed by atoms with van der Waals surface area (Å²) in [7, 11) is 0. The Kier molecular flexibility index (Phi) is 4.42. The van der Waals surface area contributed by atoms with Crippen molar-refractivity contribution in [1.82, 2.24) is 0 Å². The molecule has 2 aromatic rings. The van der Waals surface area contributed by atoms with E-state index < -0.39 is 10.7 Å². The zero-order valence-electron chi connectivity index (χ0n) is 9.98. The van der Waals surface area contributed by atoms with E-state index in [0.29, 0.717) is 16.3 Å². The van der Waals surface area contributed by atoms with Gasteiger partial charge in [-0.15, -0.1) is 0 Å². The third kappa shape index (κ3) is 3.37. The van der Waals surface area contributed by atoms with Crippen LogP contribution in [-0.4, -0.2) is 4.92 Å². The molecule has 2 rings (SSSR count). The molecule has 0 saturated carbocycles. The van der Waals surface area contributed by atoms with Crippen LogP contribution in [0.2, 0.25) is 10.0 Å². The van der Waals surface area contributed by atoms with Gasteiger partial charge in [0.15, 0.2) is 0 Å². The molecule has 0 atom stereocenters. The van der Waals surface area contributed by atoms with Crippen LogP contribution >= 0.6 is 23.2 Å². The molecule has 0 radical (unpaired) electrons. The van der Waals surface area contributed by atoms with Gasteiger partial charge in [-0.05, 0) is 18.2 Å². The summed E-state index contributed by atoms with van der Waals surface area (Å²) < 4.78 is 18.4. The molecule has 20 heavy (non-hydrogen) atoms. The molecular weight excluding hydrogens is 308 g/mol. The number of hydrogen-bond donors (Lipinski definition) is 0. The summed E-state index contributed by atoms with van der Waals surface area (Å²) >= 11 is 11.6. The van der Waals surface area contributed by atoms with Crippen LogP contribution in [0.5, 0.6) is 5.75 Å². The Balaban J connectivity index is 2.15. The molecule has 2 aromatic carbocycles. The van der Waals surface area contributed by atoms with Gasteiger partial charge >= 0.3 is 0 Å². The SMILES string of the molecule is O=[N+]([O-])c1ccc(Cl)c(COc2ccc(F)c(Cl)c2)c1. The second kappa shape index (κ2) is 6.07. The van der Waals surface area contributed by atoms with Crippen molar-refractivity contribution in [3.8, 4) is 5.75 Å². The second-order valence-electron chi connectivity index (χ2n) is 3.90. The van der Waals surface area contributed by atoms with Crippen molar-refractivity contribution in [2.75, 3.05) is 0 Å². The molecule has 0 saturated heterocycles. The fourth-order valence-corrected chi connectivity index (χ4v) is 1.86. The number of ether oxygens (including phenoxy) is 1. The van der Waals surface area contributed by atoms with E-state index in [4.69, 9.17) is 27.9 Å². The van der Waals surface area contributed by atoms with Crippen molar-refractivity contribution in [3.63, 3.8) is 0 Å². The molecule has 104 valence electrons. The Labute approximate surface area is 123 Å². The smallest absolute Gasteiger partial charge is 0.269 e. The summed E-state index contributed by atoms with van der Waals surface area (Å²) in [4.78, 5) is 10.2. The molecule has 0 unspecified atom stereocenters. The number of hydrogen-bond acceptors (Lipinski definition) is 3. The average molecular weight is 316 g/mol. The number of nitro benzene ring substituents is 1. The van der Waals surface area contributed by atoms with E-state index in [-0.39, 0.29) is 17.3 Å². The predicted molar refractivity (Wildman–Crippen MR) is 73.8 cm³/mol. The number of rotatable bonds is 4. The van der Waals surface area contributed by atoms with Gasteiger partial charge in [0.25, 0.3) is 5.69 Å². The van der Waals surface area contributed by atoms with Crippen LogP contribution < -0.4 is 4.74 Å². The van der Waals surface area contributed by atoms with Gasteiger partial charge in [-0.25, -0.2) is 4.39 Å². The van der Waals surface area contributed by atoms with E-state index in [0.717, 1.165) is 0 Å². The lowest BCUT2D eigenvalue weighted by atomic mass is 10.2. The van der Waals surface area contributed by atoms with Crippen LogP contribution in [-0.2, 0) is 6.61 Å². The minimum atomic E-state index is -0.549. The van der Waals surface area contributed by atoms with E-state index >= 15 is 0 Å². The number of benzene rings is 2. The highest BCUT2D eigenvalue weighted by atomic mass is 35.5. The summed E-state index contributed by atoms with van der Waals surface area (Å²) in [6.07, 6.45) is 0. The van der Waals surface area contributed by atoms with Crippen LogP contribution in [0.15, 0.2) is 36.4 Å². The topological polar surface area (TPSA) is 52.4 Å². The van der Waals surface area contributed by atoms with Crippen molar-refractivity contribution in [3.05, 3.63) is 67.9 Å². The number of nitrogens with zero attached hydrogens (tertiary/aromatic N) is 1. The van der Waals surface area contributed by atoms with Crippen molar-refractivity contribution >= 4 is 28.9 Å². The highest BCUT2D eigenvalue weighted by Gasteiger charge is 2.10. The second-order valence-corrected chi connectivity index (χ2v) is 4.71. The summed E-state index contributed by atoms with van der Waals surface area (Å²) in [5, 5.41) is 11.0. The van der Waals surface area contributed by atoms with Gasteiger partial charge in [0.2, 0.25) is 0 Å². The molecule has 0 bridgehead atoms. The largest absolute Gasteiger partial charge is 0.489 e. The highest BCUT2D eigenvalue weighted by molar-refractivity contribution is 6.31. The van der Waals surface area contributed by atoms with E-state index in [9.17, 15) is 14.5 Å². The van der Waals surface area contributed by atoms with Crippen molar-refractivity contribution < 1.29 is 14.1 Å². The molecule has 0 heterocycles. The van der Waals surface area contributed by atoms with Crippen molar-refractivity contribution in [2.24, 2.45) is 0 Å². The Morgan fingerprint density at radius 2 is 1.90 bits per heavy atom. The van der Waals surface area contributed by atoms with Crippen LogP contribution in [0, 0.1) is 15.9 Å². The Morgan fingerprint density at radius 3 is 2.55 bits per heavy atom. The lowest BCUT2D eigenvalue weighted by Gasteiger charge is -2.08. The van der Waals surface area contributed by atoms with E-state index in [2.05, 4.69) is 0 Å². The molecular formula is C13H8Cl2FNO3. The highest BCUT2D eigenvalue weighted by Crippen LogP contribution is 2.25.